The first-order chi connectivity index (χ1) is 14.8. The first-order valence-electron chi connectivity index (χ1n) is 10.4. The van der Waals surface area contributed by atoms with E-state index < -0.39 is 23.5 Å². The molecule has 0 spiro atoms. The molecule has 1 atom stereocenters. The van der Waals surface area contributed by atoms with Crippen molar-refractivity contribution in [3.05, 3.63) is 59.7 Å². The molecule has 7 heteroatoms. The second-order valence-corrected chi connectivity index (χ2v) is 8.46. The van der Waals surface area contributed by atoms with E-state index in [0.29, 0.717) is 12.8 Å². The molecule has 2 aliphatic carbocycles. The van der Waals surface area contributed by atoms with E-state index in [1.807, 2.05) is 36.4 Å². The number of ether oxygens (including phenoxy) is 1. The van der Waals surface area contributed by atoms with Gasteiger partial charge in [-0.2, -0.15) is 0 Å². The van der Waals surface area contributed by atoms with Gasteiger partial charge in [-0.3, -0.25) is 9.59 Å². The molecular weight excluding hydrogens is 396 g/mol. The van der Waals surface area contributed by atoms with Crippen LogP contribution in [0.5, 0.6) is 0 Å². The molecule has 31 heavy (non-hydrogen) atoms. The SMILES string of the molecule is CC(CN(C)C(=O)C1(NC(=O)OCC2c3ccccc3-c3ccccc32)CC1)C(=O)O. The highest BCUT2D eigenvalue weighted by atomic mass is 16.5. The summed E-state index contributed by atoms with van der Waals surface area (Å²) in [5.74, 6) is -1.98. The third-order valence-electron chi connectivity index (χ3n) is 6.16. The molecule has 7 nitrogen and oxygen atoms in total. The average Bonchev–Trinajstić information content (AvgIpc) is 3.47. The molecule has 0 radical (unpaired) electrons. The number of hydrogen-bond donors (Lipinski definition) is 2. The van der Waals surface area contributed by atoms with Crippen molar-refractivity contribution in [2.45, 2.75) is 31.2 Å². The summed E-state index contributed by atoms with van der Waals surface area (Å²) in [5.41, 5.74) is 3.55. The highest BCUT2D eigenvalue weighted by Crippen LogP contribution is 2.44. The van der Waals surface area contributed by atoms with Gasteiger partial charge >= 0.3 is 12.1 Å². The van der Waals surface area contributed by atoms with Crippen LogP contribution in [-0.4, -0.2) is 53.7 Å². The van der Waals surface area contributed by atoms with E-state index in [2.05, 4.69) is 17.4 Å². The van der Waals surface area contributed by atoms with Crippen LogP contribution in [-0.2, 0) is 14.3 Å². The minimum absolute atomic E-state index is 0.0527. The van der Waals surface area contributed by atoms with Crippen LogP contribution < -0.4 is 5.32 Å². The van der Waals surface area contributed by atoms with Crippen LogP contribution in [0.4, 0.5) is 4.79 Å². The number of carboxylic acids is 1. The number of hydrogen-bond acceptors (Lipinski definition) is 4. The predicted octanol–water partition coefficient (Wildman–Crippen LogP) is 3.24. The molecule has 2 aromatic rings. The Balaban J connectivity index is 1.39. The molecule has 2 amide bonds. The van der Waals surface area contributed by atoms with Crippen molar-refractivity contribution in [2.75, 3.05) is 20.2 Å². The smallest absolute Gasteiger partial charge is 0.408 e. The van der Waals surface area contributed by atoms with Crippen LogP contribution in [0, 0.1) is 5.92 Å². The van der Waals surface area contributed by atoms with E-state index in [4.69, 9.17) is 9.84 Å². The Morgan fingerprint density at radius 1 is 1.10 bits per heavy atom. The zero-order valence-electron chi connectivity index (χ0n) is 17.6. The minimum atomic E-state index is -0.991. The van der Waals surface area contributed by atoms with Crippen molar-refractivity contribution in [1.29, 1.82) is 0 Å². The van der Waals surface area contributed by atoms with E-state index >= 15 is 0 Å². The Kier molecular flexibility index (Phi) is 5.43. The number of alkyl carbamates (subject to hydrolysis) is 1. The number of amides is 2. The summed E-state index contributed by atoms with van der Waals surface area (Å²) < 4.78 is 5.55. The molecule has 2 aromatic carbocycles. The lowest BCUT2D eigenvalue weighted by atomic mass is 9.98. The molecule has 4 rings (SSSR count). The van der Waals surface area contributed by atoms with E-state index in [9.17, 15) is 14.4 Å². The maximum Gasteiger partial charge on any atom is 0.408 e. The monoisotopic (exact) mass is 422 g/mol. The van der Waals surface area contributed by atoms with Crippen molar-refractivity contribution >= 4 is 18.0 Å². The summed E-state index contributed by atoms with van der Waals surface area (Å²) in [4.78, 5) is 37.7. The standard InChI is InChI=1S/C24H26N2O5/c1-15(21(27)28)13-26(2)22(29)24(11-12-24)25-23(30)31-14-20-18-9-5-3-7-16(18)17-8-4-6-10-19(17)20/h3-10,15,20H,11-14H2,1-2H3,(H,25,30)(H,27,28). The number of likely N-dealkylation sites (N-methyl/N-ethyl adjacent to an activating group) is 1. The number of benzene rings is 2. The summed E-state index contributed by atoms with van der Waals surface area (Å²) in [6, 6.07) is 16.2. The second-order valence-electron chi connectivity index (χ2n) is 8.46. The van der Waals surface area contributed by atoms with E-state index in [-0.39, 0.29) is 25.0 Å². The third-order valence-corrected chi connectivity index (χ3v) is 6.16. The molecule has 1 unspecified atom stereocenters. The third kappa shape index (κ3) is 4.00. The number of aliphatic carboxylic acids is 1. The van der Waals surface area contributed by atoms with Gasteiger partial charge in [0, 0.05) is 19.5 Å². The normalized spacial score (nSPS) is 16.6. The maximum absolute atomic E-state index is 12.8. The molecule has 1 saturated carbocycles. The van der Waals surface area contributed by atoms with Gasteiger partial charge in [0.15, 0.2) is 0 Å². The molecule has 2 N–H and O–H groups in total. The molecule has 0 aliphatic heterocycles. The fourth-order valence-corrected chi connectivity index (χ4v) is 4.28. The van der Waals surface area contributed by atoms with Gasteiger partial charge in [-0.05, 0) is 35.1 Å². The first-order valence-corrected chi connectivity index (χ1v) is 10.4. The highest BCUT2D eigenvalue weighted by Gasteiger charge is 2.53. The Morgan fingerprint density at radius 3 is 2.16 bits per heavy atom. The van der Waals surface area contributed by atoms with Crippen LogP contribution in [0.2, 0.25) is 0 Å². The molecule has 162 valence electrons. The topological polar surface area (TPSA) is 95.9 Å². The summed E-state index contributed by atoms with van der Waals surface area (Å²) in [6.07, 6.45) is 0.399. The molecule has 2 aliphatic rings. The van der Waals surface area contributed by atoms with Crippen LogP contribution in [0.3, 0.4) is 0 Å². The van der Waals surface area contributed by atoms with Gasteiger partial charge in [0.25, 0.3) is 0 Å². The van der Waals surface area contributed by atoms with Gasteiger partial charge in [0.2, 0.25) is 5.91 Å². The number of fused-ring (bicyclic) bond motifs is 3. The fraction of sp³-hybridized carbons (Fsp3) is 0.375. The van der Waals surface area contributed by atoms with Crippen molar-refractivity contribution in [2.24, 2.45) is 5.92 Å². The summed E-state index contributed by atoms with van der Waals surface area (Å²) in [6.45, 7) is 1.81. The molecule has 0 aromatic heterocycles. The van der Waals surface area contributed by atoms with E-state index in [1.54, 1.807) is 14.0 Å². The quantitative estimate of drug-likeness (QED) is 0.714. The van der Waals surface area contributed by atoms with Crippen molar-refractivity contribution in [3.8, 4) is 11.1 Å². The number of rotatable bonds is 7. The Bertz CT molecular complexity index is 985. The van der Waals surface area contributed by atoms with Crippen LogP contribution in [0.25, 0.3) is 11.1 Å². The van der Waals surface area contributed by atoms with Gasteiger partial charge < -0.3 is 20.1 Å². The average molecular weight is 422 g/mol. The van der Waals surface area contributed by atoms with E-state index in [1.165, 1.54) is 4.90 Å². The van der Waals surface area contributed by atoms with Gasteiger partial charge in [-0.15, -0.1) is 0 Å². The van der Waals surface area contributed by atoms with Crippen molar-refractivity contribution in [3.63, 3.8) is 0 Å². The van der Waals surface area contributed by atoms with Crippen LogP contribution in [0.15, 0.2) is 48.5 Å². The second kappa shape index (κ2) is 8.06. The number of carbonyl (C=O) groups is 3. The Morgan fingerprint density at radius 2 is 1.65 bits per heavy atom. The Hall–Kier alpha value is -3.35. The molecule has 0 saturated heterocycles. The molecule has 1 fully saturated rings. The van der Waals surface area contributed by atoms with Gasteiger partial charge in [0.1, 0.15) is 12.1 Å². The predicted molar refractivity (Wildman–Crippen MR) is 115 cm³/mol. The number of nitrogens with one attached hydrogen (secondary N) is 1. The zero-order chi connectivity index (χ0) is 22.2. The lowest BCUT2D eigenvalue weighted by molar-refractivity contribution is -0.143. The number of nitrogens with zero attached hydrogens (tertiary/aromatic N) is 1. The molecule has 0 heterocycles. The van der Waals surface area contributed by atoms with Gasteiger partial charge in [-0.25, -0.2) is 4.79 Å². The Labute approximate surface area is 181 Å². The summed E-state index contributed by atoms with van der Waals surface area (Å²) >= 11 is 0. The lowest BCUT2D eigenvalue weighted by Gasteiger charge is -2.25. The van der Waals surface area contributed by atoms with Crippen molar-refractivity contribution < 1.29 is 24.2 Å². The molecular formula is C24H26N2O5. The maximum atomic E-state index is 12.8. The highest BCUT2D eigenvalue weighted by molar-refractivity contribution is 5.93. The van der Waals surface area contributed by atoms with Crippen LogP contribution >= 0.6 is 0 Å². The summed E-state index contributed by atoms with van der Waals surface area (Å²) in [7, 11) is 1.56. The minimum Gasteiger partial charge on any atom is -0.481 e. The first kappa shape index (κ1) is 20.9. The largest absolute Gasteiger partial charge is 0.481 e. The lowest BCUT2D eigenvalue weighted by Crippen LogP contribution is -2.51. The van der Waals surface area contributed by atoms with Crippen LogP contribution in [0.1, 0.15) is 36.8 Å². The zero-order valence-corrected chi connectivity index (χ0v) is 17.6. The van der Waals surface area contributed by atoms with Crippen molar-refractivity contribution in [1.82, 2.24) is 10.2 Å². The fourth-order valence-electron chi connectivity index (χ4n) is 4.28. The van der Waals surface area contributed by atoms with E-state index in [0.717, 1.165) is 22.3 Å². The van der Waals surface area contributed by atoms with Gasteiger partial charge in [0.05, 0.1) is 5.92 Å². The number of carboxylic acid groups (broad SMARTS) is 1. The number of carbonyl (C=O) groups excluding carboxylic acids is 2. The summed E-state index contributed by atoms with van der Waals surface area (Å²) in [5, 5.41) is 11.8. The molecule has 0 bridgehead atoms. The van der Waals surface area contributed by atoms with Gasteiger partial charge in [-0.1, -0.05) is 55.5 Å².